The molecule has 1 amide bonds. The largest absolute Gasteiger partial charge is 0.366 e. The fraction of sp³-hybridized carbons (Fsp3) is 0. The lowest BCUT2D eigenvalue weighted by atomic mass is 10.0. The fourth-order valence-electron chi connectivity index (χ4n) is 3.02. The van der Waals surface area contributed by atoms with Crippen LogP contribution in [0.4, 0.5) is 4.39 Å². The van der Waals surface area contributed by atoms with Crippen molar-refractivity contribution in [1.29, 1.82) is 0 Å². The number of aromatic amines is 1. The van der Waals surface area contributed by atoms with Crippen molar-refractivity contribution in [2.45, 2.75) is 0 Å². The molecule has 8 heteroatoms. The lowest BCUT2D eigenvalue weighted by Gasteiger charge is -2.06. The molecule has 0 spiro atoms. The molecule has 3 N–H and O–H groups in total. The van der Waals surface area contributed by atoms with E-state index in [-0.39, 0.29) is 11.3 Å². The van der Waals surface area contributed by atoms with E-state index >= 15 is 0 Å². The molecule has 0 saturated heterocycles. The molecule has 0 bridgehead atoms. The van der Waals surface area contributed by atoms with E-state index in [2.05, 4.69) is 15.0 Å². The van der Waals surface area contributed by atoms with Crippen LogP contribution in [0, 0.1) is 5.82 Å². The standard InChI is InChI=1S/C22H14ClFN4O2/c23-15-3-5-19(26-11-15)21(30)16-4-1-12(8-18(16)24)14-7-17-13(2-6-20(25)29)9-27-22(17)28-10-14/h1-11H,(H2,25,29)(H,27,28)/b6-2+. The summed E-state index contributed by atoms with van der Waals surface area (Å²) in [6.07, 6.45) is 7.46. The summed E-state index contributed by atoms with van der Waals surface area (Å²) < 4.78 is 14.7. The lowest BCUT2D eigenvalue weighted by Crippen LogP contribution is -2.06. The first-order valence-corrected chi connectivity index (χ1v) is 9.21. The summed E-state index contributed by atoms with van der Waals surface area (Å²) in [6, 6.07) is 9.12. The van der Waals surface area contributed by atoms with Crippen LogP contribution in [0.1, 0.15) is 21.6 Å². The van der Waals surface area contributed by atoms with Crippen molar-refractivity contribution in [2.75, 3.05) is 0 Å². The molecular weight excluding hydrogens is 407 g/mol. The molecule has 0 aliphatic heterocycles. The summed E-state index contributed by atoms with van der Waals surface area (Å²) in [5, 5.41) is 1.14. The maximum Gasteiger partial charge on any atom is 0.241 e. The number of hydrogen-bond acceptors (Lipinski definition) is 4. The van der Waals surface area contributed by atoms with Crippen LogP contribution in [0.25, 0.3) is 28.2 Å². The fourth-order valence-corrected chi connectivity index (χ4v) is 3.13. The van der Waals surface area contributed by atoms with Gasteiger partial charge in [0.2, 0.25) is 11.7 Å². The molecule has 0 aliphatic rings. The summed E-state index contributed by atoms with van der Waals surface area (Å²) in [5.41, 5.74) is 7.70. The number of pyridine rings is 2. The Labute approximate surface area is 175 Å². The van der Waals surface area contributed by atoms with Gasteiger partial charge in [0, 0.05) is 41.2 Å². The SMILES string of the molecule is NC(=O)/C=C/c1c[nH]c2ncc(-c3ccc(C(=O)c4ccc(Cl)cn4)c(F)c3)cc12. The Morgan fingerprint density at radius 3 is 2.60 bits per heavy atom. The highest BCUT2D eigenvalue weighted by molar-refractivity contribution is 6.30. The van der Waals surface area contributed by atoms with Gasteiger partial charge in [0.1, 0.15) is 17.2 Å². The molecule has 30 heavy (non-hydrogen) atoms. The second-order valence-electron chi connectivity index (χ2n) is 6.49. The van der Waals surface area contributed by atoms with Crippen LogP contribution in [-0.4, -0.2) is 26.6 Å². The normalized spacial score (nSPS) is 11.3. The lowest BCUT2D eigenvalue weighted by molar-refractivity contribution is -0.113. The number of carbonyl (C=O) groups is 2. The Morgan fingerprint density at radius 1 is 1.07 bits per heavy atom. The van der Waals surface area contributed by atoms with Gasteiger partial charge in [-0.2, -0.15) is 0 Å². The van der Waals surface area contributed by atoms with E-state index in [9.17, 15) is 14.0 Å². The Morgan fingerprint density at radius 2 is 1.90 bits per heavy atom. The first kappa shape index (κ1) is 19.5. The number of benzene rings is 1. The van der Waals surface area contributed by atoms with E-state index in [1.54, 1.807) is 24.5 Å². The number of carbonyl (C=O) groups excluding carboxylic acids is 2. The van der Waals surface area contributed by atoms with Crippen LogP contribution in [0.15, 0.2) is 61.1 Å². The van der Waals surface area contributed by atoms with Crippen molar-refractivity contribution >= 4 is 40.4 Å². The van der Waals surface area contributed by atoms with Crippen LogP contribution in [0.2, 0.25) is 5.02 Å². The van der Waals surface area contributed by atoms with E-state index in [4.69, 9.17) is 17.3 Å². The predicted octanol–water partition coefficient (Wildman–Crippen LogP) is 4.15. The van der Waals surface area contributed by atoms with Crippen molar-refractivity contribution in [3.05, 3.63) is 88.7 Å². The smallest absolute Gasteiger partial charge is 0.241 e. The second-order valence-corrected chi connectivity index (χ2v) is 6.92. The minimum absolute atomic E-state index is 0.0886. The van der Waals surface area contributed by atoms with Crippen molar-refractivity contribution in [2.24, 2.45) is 5.73 Å². The molecule has 0 radical (unpaired) electrons. The van der Waals surface area contributed by atoms with Crippen molar-refractivity contribution in [3.63, 3.8) is 0 Å². The third kappa shape index (κ3) is 3.83. The van der Waals surface area contributed by atoms with Gasteiger partial charge >= 0.3 is 0 Å². The summed E-state index contributed by atoms with van der Waals surface area (Å²) in [6.45, 7) is 0. The van der Waals surface area contributed by atoms with E-state index in [1.807, 2.05) is 6.07 Å². The van der Waals surface area contributed by atoms with Gasteiger partial charge in [0.05, 0.1) is 10.6 Å². The van der Waals surface area contributed by atoms with Gasteiger partial charge in [-0.25, -0.2) is 9.37 Å². The van der Waals surface area contributed by atoms with E-state index in [0.717, 1.165) is 10.9 Å². The molecule has 6 nitrogen and oxygen atoms in total. The molecule has 0 atom stereocenters. The highest BCUT2D eigenvalue weighted by Crippen LogP contribution is 2.27. The monoisotopic (exact) mass is 420 g/mol. The summed E-state index contributed by atoms with van der Waals surface area (Å²) in [5.74, 6) is -1.77. The van der Waals surface area contributed by atoms with Crippen LogP contribution < -0.4 is 5.73 Å². The highest BCUT2D eigenvalue weighted by Gasteiger charge is 2.16. The third-order valence-electron chi connectivity index (χ3n) is 4.50. The minimum Gasteiger partial charge on any atom is -0.366 e. The molecule has 3 aromatic heterocycles. The molecule has 0 aliphatic carbocycles. The Balaban J connectivity index is 1.69. The van der Waals surface area contributed by atoms with Crippen LogP contribution in [-0.2, 0) is 4.79 Å². The van der Waals surface area contributed by atoms with E-state index < -0.39 is 17.5 Å². The van der Waals surface area contributed by atoms with E-state index in [0.29, 0.717) is 21.8 Å². The number of H-pyrrole nitrogens is 1. The first-order valence-electron chi connectivity index (χ1n) is 8.83. The number of nitrogens with zero attached hydrogens (tertiary/aromatic N) is 2. The van der Waals surface area contributed by atoms with Crippen molar-refractivity contribution in [1.82, 2.24) is 15.0 Å². The molecule has 0 saturated carbocycles. The van der Waals surface area contributed by atoms with Gasteiger partial charge in [0.15, 0.2) is 0 Å². The molecule has 4 rings (SSSR count). The number of ketones is 1. The zero-order valence-electron chi connectivity index (χ0n) is 15.4. The average molecular weight is 421 g/mol. The number of rotatable bonds is 5. The van der Waals surface area contributed by atoms with Crippen molar-refractivity contribution < 1.29 is 14.0 Å². The first-order chi connectivity index (χ1) is 14.4. The molecule has 1 aromatic carbocycles. The molecule has 148 valence electrons. The zero-order valence-corrected chi connectivity index (χ0v) is 16.2. The Bertz CT molecular complexity index is 1310. The second kappa shape index (κ2) is 7.88. The average Bonchev–Trinajstić information content (AvgIpc) is 3.14. The quantitative estimate of drug-likeness (QED) is 0.374. The highest BCUT2D eigenvalue weighted by atomic mass is 35.5. The van der Waals surface area contributed by atoms with Gasteiger partial charge in [-0.1, -0.05) is 17.7 Å². The summed E-state index contributed by atoms with van der Waals surface area (Å²) >= 11 is 5.78. The van der Waals surface area contributed by atoms with Crippen LogP contribution in [0.3, 0.4) is 0 Å². The summed E-state index contributed by atoms with van der Waals surface area (Å²) in [4.78, 5) is 34.8. The van der Waals surface area contributed by atoms with Gasteiger partial charge in [0.25, 0.3) is 0 Å². The van der Waals surface area contributed by atoms with Gasteiger partial charge in [-0.3, -0.25) is 14.6 Å². The van der Waals surface area contributed by atoms with Crippen molar-refractivity contribution in [3.8, 4) is 11.1 Å². The van der Waals surface area contributed by atoms with Gasteiger partial charge in [-0.05, 0) is 42.0 Å². The van der Waals surface area contributed by atoms with Crippen LogP contribution in [0.5, 0.6) is 0 Å². The topological polar surface area (TPSA) is 102 Å². The zero-order chi connectivity index (χ0) is 21.3. The maximum absolute atomic E-state index is 14.7. The molecule has 4 aromatic rings. The number of amides is 1. The Hall–Kier alpha value is -3.84. The van der Waals surface area contributed by atoms with Crippen LogP contribution >= 0.6 is 11.6 Å². The Kier molecular flexibility index (Phi) is 5.12. The van der Waals surface area contributed by atoms with Gasteiger partial charge < -0.3 is 10.7 Å². The molecular formula is C22H14ClFN4O2. The number of fused-ring (bicyclic) bond motifs is 1. The molecule has 0 fully saturated rings. The summed E-state index contributed by atoms with van der Waals surface area (Å²) in [7, 11) is 0. The molecule has 0 unspecified atom stereocenters. The number of halogens is 2. The number of aromatic nitrogens is 3. The molecule has 3 heterocycles. The van der Waals surface area contributed by atoms with E-state index in [1.165, 1.54) is 36.5 Å². The number of hydrogen-bond donors (Lipinski definition) is 2. The number of nitrogens with one attached hydrogen (secondary N) is 1. The van der Waals surface area contributed by atoms with Gasteiger partial charge in [-0.15, -0.1) is 0 Å². The third-order valence-corrected chi connectivity index (χ3v) is 4.72. The predicted molar refractivity (Wildman–Crippen MR) is 112 cm³/mol. The maximum atomic E-state index is 14.7. The number of nitrogens with two attached hydrogens (primary N) is 1. The number of primary amides is 1. The minimum atomic E-state index is -0.669.